The summed E-state index contributed by atoms with van der Waals surface area (Å²) in [5.74, 6) is 0. The normalized spacial score (nSPS) is 12.6. The Morgan fingerprint density at radius 3 is 0.714 bits per heavy atom. The standard InChI is InChI=1S/C70H68/c1-67(2,3)53-35-31-47(32-36-53)45-23-27-51(28-24-45)61-57-41-39-55(69(7,8)9)43-59(57)64(50-21-17-14-18-22-50)66-62(52-29-25-46(26-30-52)48-33-37-54(38-34-48)68(4,5)6)58-42-40-56(70(10,11)12)44-60(58)63(65(61)66)49-19-15-13-16-20-49/h13-44H,1-12H3. The van der Waals surface area contributed by atoms with Crippen LogP contribution in [0.3, 0.4) is 0 Å². The van der Waals surface area contributed by atoms with Crippen LogP contribution in [0.4, 0.5) is 0 Å². The van der Waals surface area contributed by atoms with Gasteiger partial charge in [-0.25, -0.2) is 0 Å². The van der Waals surface area contributed by atoms with Crippen LogP contribution in [0.2, 0.25) is 0 Å². The first-order chi connectivity index (χ1) is 33.3. The summed E-state index contributed by atoms with van der Waals surface area (Å²) in [5, 5.41) is 7.60. The molecule has 0 heterocycles. The zero-order valence-corrected chi connectivity index (χ0v) is 43.5. The van der Waals surface area contributed by atoms with E-state index >= 15 is 0 Å². The maximum Gasteiger partial charge on any atom is -0.000139 e. The first kappa shape index (κ1) is 46.7. The van der Waals surface area contributed by atoms with Crippen molar-refractivity contribution >= 4 is 32.3 Å². The summed E-state index contributed by atoms with van der Waals surface area (Å²) >= 11 is 0. The van der Waals surface area contributed by atoms with E-state index in [1.807, 2.05) is 0 Å². The molecule has 0 aliphatic heterocycles. The Kier molecular flexibility index (Phi) is 11.6. The van der Waals surface area contributed by atoms with Crippen molar-refractivity contribution < 1.29 is 0 Å². The highest BCUT2D eigenvalue weighted by atomic mass is 14.3. The van der Waals surface area contributed by atoms with Crippen LogP contribution >= 0.6 is 0 Å². The van der Waals surface area contributed by atoms with Crippen LogP contribution in [0.15, 0.2) is 194 Å². The first-order valence-electron chi connectivity index (χ1n) is 25.3. The molecule has 0 saturated heterocycles. The lowest BCUT2D eigenvalue weighted by Gasteiger charge is -2.28. The third-order valence-corrected chi connectivity index (χ3v) is 14.7. The molecule has 0 aliphatic rings. The fraction of sp³-hybridized carbons (Fsp3) is 0.229. The van der Waals surface area contributed by atoms with E-state index in [4.69, 9.17) is 0 Å². The molecule has 0 bridgehead atoms. The minimum atomic E-state index is -0.0624. The second-order valence-electron chi connectivity index (χ2n) is 23.8. The van der Waals surface area contributed by atoms with Crippen molar-refractivity contribution in [2.75, 3.05) is 0 Å². The molecule has 348 valence electrons. The van der Waals surface area contributed by atoms with Crippen LogP contribution in [0, 0.1) is 0 Å². The molecule has 0 amide bonds. The van der Waals surface area contributed by atoms with Gasteiger partial charge in [0, 0.05) is 0 Å². The van der Waals surface area contributed by atoms with Crippen molar-refractivity contribution in [3.8, 4) is 66.8 Å². The fourth-order valence-corrected chi connectivity index (χ4v) is 10.6. The van der Waals surface area contributed by atoms with E-state index in [9.17, 15) is 0 Å². The largest absolute Gasteiger partial charge is 0.0622 e. The minimum absolute atomic E-state index is 0.0624. The molecule has 0 N–H and O–H groups in total. The Labute approximate surface area is 418 Å². The van der Waals surface area contributed by atoms with Crippen molar-refractivity contribution in [2.24, 2.45) is 0 Å². The highest BCUT2D eigenvalue weighted by Crippen LogP contribution is 2.54. The number of benzene rings is 10. The van der Waals surface area contributed by atoms with Gasteiger partial charge in [-0.15, -0.1) is 0 Å². The molecule has 0 unspecified atom stereocenters. The topological polar surface area (TPSA) is 0 Å². The van der Waals surface area contributed by atoms with Crippen LogP contribution in [0.5, 0.6) is 0 Å². The summed E-state index contributed by atoms with van der Waals surface area (Å²) in [7, 11) is 0. The fourth-order valence-electron chi connectivity index (χ4n) is 10.6. The van der Waals surface area contributed by atoms with E-state index < -0.39 is 0 Å². The van der Waals surface area contributed by atoms with E-state index in [-0.39, 0.29) is 21.7 Å². The molecule has 0 spiro atoms. The first-order valence-corrected chi connectivity index (χ1v) is 25.3. The van der Waals surface area contributed by atoms with Gasteiger partial charge in [0.15, 0.2) is 0 Å². The molecule has 0 nitrogen and oxygen atoms in total. The maximum absolute atomic E-state index is 2.51. The predicted molar refractivity (Wildman–Crippen MR) is 306 cm³/mol. The number of hydrogen-bond donors (Lipinski definition) is 0. The average Bonchev–Trinajstić information content (AvgIpc) is 3.34. The molecule has 10 aromatic rings. The highest BCUT2D eigenvalue weighted by molar-refractivity contribution is 6.34. The lowest BCUT2D eigenvalue weighted by molar-refractivity contribution is 0.590. The van der Waals surface area contributed by atoms with Gasteiger partial charge in [0.25, 0.3) is 0 Å². The predicted octanol–water partition coefficient (Wildman–Crippen LogP) is 20.3. The molecule has 70 heavy (non-hydrogen) atoms. The van der Waals surface area contributed by atoms with Gasteiger partial charge in [-0.05, 0) is 155 Å². The molecule has 0 saturated carbocycles. The van der Waals surface area contributed by atoms with E-state index in [1.54, 1.807) is 0 Å². The van der Waals surface area contributed by atoms with Gasteiger partial charge in [0.2, 0.25) is 0 Å². The van der Waals surface area contributed by atoms with E-state index in [1.165, 1.54) is 121 Å². The van der Waals surface area contributed by atoms with Gasteiger partial charge in [0.05, 0.1) is 0 Å². The Balaban J connectivity index is 1.38. The molecule has 10 aromatic carbocycles. The monoisotopic (exact) mass is 909 g/mol. The van der Waals surface area contributed by atoms with Crippen molar-refractivity contribution in [3.63, 3.8) is 0 Å². The molecular weight excluding hydrogens is 841 g/mol. The van der Waals surface area contributed by atoms with Gasteiger partial charge in [-0.2, -0.15) is 0 Å². The van der Waals surface area contributed by atoms with Crippen LogP contribution in [0.25, 0.3) is 99.1 Å². The van der Waals surface area contributed by atoms with Crippen molar-refractivity contribution in [3.05, 3.63) is 216 Å². The Hall–Kier alpha value is -7.02. The van der Waals surface area contributed by atoms with Crippen LogP contribution in [-0.2, 0) is 21.7 Å². The van der Waals surface area contributed by atoms with E-state index in [0.717, 1.165) is 0 Å². The zero-order chi connectivity index (χ0) is 49.3. The third-order valence-electron chi connectivity index (χ3n) is 14.7. The molecule has 10 rings (SSSR count). The molecular formula is C70H68. The summed E-state index contributed by atoms with van der Waals surface area (Å²) < 4.78 is 0. The molecule has 0 aromatic heterocycles. The average molecular weight is 909 g/mol. The van der Waals surface area contributed by atoms with Gasteiger partial charge < -0.3 is 0 Å². The smallest absolute Gasteiger partial charge is 0.000139 e. The summed E-state index contributed by atoms with van der Waals surface area (Å²) in [5.41, 5.74) is 20.2. The van der Waals surface area contributed by atoms with Gasteiger partial charge in [0.1, 0.15) is 0 Å². The molecule has 0 fully saturated rings. The van der Waals surface area contributed by atoms with Gasteiger partial charge in [-0.3, -0.25) is 0 Å². The summed E-state index contributed by atoms with van der Waals surface area (Å²) in [4.78, 5) is 0. The Morgan fingerprint density at radius 1 is 0.200 bits per heavy atom. The zero-order valence-electron chi connectivity index (χ0n) is 43.5. The maximum atomic E-state index is 2.51. The van der Waals surface area contributed by atoms with E-state index in [0.29, 0.717) is 0 Å². The van der Waals surface area contributed by atoms with Crippen molar-refractivity contribution in [1.29, 1.82) is 0 Å². The summed E-state index contributed by atoms with van der Waals surface area (Å²) in [6.45, 7) is 27.7. The number of rotatable bonds is 6. The molecule has 0 heteroatoms. The molecule has 0 atom stereocenters. The molecule has 0 radical (unpaired) electrons. The van der Waals surface area contributed by atoms with Crippen LogP contribution in [-0.4, -0.2) is 0 Å². The van der Waals surface area contributed by atoms with Crippen molar-refractivity contribution in [1.82, 2.24) is 0 Å². The second kappa shape index (κ2) is 17.4. The van der Waals surface area contributed by atoms with Gasteiger partial charge >= 0.3 is 0 Å². The highest BCUT2D eigenvalue weighted by Gasteiger charge is 2.28. The SMILES string of the molecule is CC(C)(C)c1ccc(-c2ccc(-c3c4ccc(C(C)(C)C)cc4c(-c4ccccc4)c4c(-c5ccc(-c6ccc(C(C)(C)C)cc6)cc5)c5ccc(C(C)(C)C)cc5c(-c5ccccc5)c34)cc2)cc1. The number of fused-ring (bicyclic) bond motifs is 3. The lowest BCUT2D eigenvalue weighted by Crippen LogP contribution is -2.11. The third kappa shape index (κ3) is 8.68. The van der Waals surface area contributed by atoms with Crippen molar-refractivity contribution in [2.45, 2.75) is 105 Å². The number of hydrogen-bond acceptors (Lipinski definition) is 0. The summed E-state index contributed by atoms with van der Waals surface area (Å²) in [6, 6.07) is 74.2. The van der Waals surface area contributed by atoms with Crippen LogP contribution < -0.4 is 0 Å². The summed E-state index contributed by atoms with van der Waals surface area (Å²) in [6.07, 6.45) is 0. The minimum Gasteiger partial charge on any atom is -0.0622 e. The Morgan fingerprint density at radius 2 is 0.429 bits per heavy atom. The Bertz CT molecular complexity index is 3280. The lowest BCUT2D eigenvalue weighted by atomic mass is 9.75. The van der Waals surface area contributed by atoms with Crippen LogP contribution in [0.1, 0.15) is 105 Å². The van der Waals surface area contributed by atoms with Gasteiger partial charge in [-0.1, -0.05) is 265 Å². The quantitative estimate of drug-likeness (QED) is 0.146. The second-order valence-corrected chi connectivity index (χ2v) is 23.8. The molecule has 0 aliphatic carbocycles. The van der Waals surface area contributed by atoms with E-state index in [2.05, 4.69) is 277 Å².